The van der Waals surface area contributed by atoms with Crippen LogP contribution in [0.15, 0.2) is 24.3 Å². The summed E-state index contributed by atoms with van der Waals surface area (Å²) >= 11 is 2.31. The predicted molar refractivity (Wildman–Crippen MR) is 88.2 cm³/mol. The van der Waals surface area contributed by atoms with E-state index in [1.165, 1.54) is 6.42 Å². The van der Waals surface area contributed by atoms with E-state index in [0.717, 1.165) is 41.4 Å². The van der Waals surface area contributed by atoms with E-state index in [2.05, 4.69) is 45.7 Å². The minimum atomic E-state index is -0.160. The number of benzene rings is 1. The van der Waals surface area contributed by atoms with Gasteiger partial charge in [-0.25, -0.2) is 0 Å². The highest BCUT2D eigenvalue weighted by Gasteiger charge is 2.30. The fourth-order valence-electron chi connectivity index (χ4n) is 3.02. The second-order valence-electron chi connectivity index (χ2n) is 5.31. The lowest BCUT2D eigenvalue weighted by Crippen LogP contribution is -2.42. The van der Waals surface area contributed by atoms with Crippen LogP contribution in [0.1, 0.15) is 43.7 Å². The van der Waals surface area contributed by atoms with Gasteiger partial charge in [-0.2, -0.15) is 5.26 Å². The molecule has 2 unspecified atom stereocenters. The maximum Gasteiger partial charge on any atom is 0.125 e. The fraction of sp³-hybridized carbons (Fsp3) is 0.562. The van der Waals surface area contributed by atoms with Gasteiger partial charge in [0.15, 0.2) is 0 Å². The zero-order valence-corrected chi connectivity index (χ0v) is 13.8. The predicted octanol–water partition coefficient (Wildman–Crippen LogP) is 3.48. The summed E-state index contributed by atoms with van der Waals surface area (Å²) in [7, 11) is 0. The molecule has 0 aromatic heterocycles. The van der Waals surface area contributed by atoms with Gasteiger partial charge in [0, 0.05) is 22.8 Å². The van der Waals surface area contributed by atoms with Crippen molar-refractivity contribution < 1.29 is 5.11 Å². The average Bonchev–Trinajstić information content (AvgIpc) is 2.49. The first-order valence-electron chi connectivity index (χ1n) is 7.28. The summed E-state index contributed by atoms with van der Waals surface area (Å²) in [5.41, 5.74) is 1.12. The number of hydrogen-bond donors (Lipinski definition) is 1. The molecule has 1 fully saturated rings. The second-order valence-corrected chi connectivity index (χ2v) is 6.47. The molecular formula is C16H21IN2O. The Balaban J connectivity index is 2.20. The Kier molecular flexibility index (Phi) is 6.27. The van der Waals surface area contributed by atoms with Crippen LogP contribution in [0.5, 0.6) is 0 Å². The van der Waals surface area contributed by atoms with Crippen LogP contribution in [0.4, 0.5) is 0 Å². The maximum absolute atomic E-state index is 9.65. The summed E-state index contributed by atoms with van der Waals surface area (Å²) < 4.78 is 1.16. The van der Waals surface area contributed by atoms with Gasteiger partial charge >= 0.3 is 0 Å². The van der Waals surface area contributed by atoms with Crippen molar-refractivity contribution in [3.05, 3.63) is 33.4 Å². The Morgan fingerprint density at radius 3 is 2.90 bits per heavy atom. The van der Waals surface area contributed by atoms with E-state index in [0.29, 0.717) is 6.04 Å². The van der Waals surface area contributed by atoms with Gasteiger partial charge in [0.25, 0.3) is 0 Å². The molecule has 1 N–H and O–H groups in total. The molecule has 1 aliphatic heterocycles. The Labute approximate surface area is 134 Å². The molecule has 1 saturated heterocycles. The van der Waals surface area contributed by atoms with Crippen LogP contribution in [0.25, 0.3) is 0 Å². The summed E-state index contributed by atoms with van der Waals surface area (Å²) in [5, 5.41) is 18.7. The first-order chi connectivity index (χ1) is 9.77. The van der Waals surface area contributed by atoms with Gasteiger partial charge in [0.05, 0.1) is 6.07 Å². The van der Waals surface area contributed by atoms with Gasteiger partial charge in [0.1, 0.15) is 6.04 Å². The van der Waals surface area contributed by atoms with Crippen molar-refractivity contribution in [1.82, 2.24) is 4.90 Å². The monoisotopic (exact) mass is 384 g/mol. The zero-order chi connectivity index (χ0) is 14.4. The normalized spacial score (nSPS) is 21.4. The van der Waals surface area contributed by atoms with Gasteiger partial charge in [-0.3, -0.25) is 4.90 Å². The van der Waals surface area contributed by atoms with Crippen molar-refractivity contribution in [3.8, 4) is 6.07 Å². The lowest BCUT2D eigenvalue weighted by molar-refractivity contribution is 0.106. The molecule has 0 saturated carbocycles. The summed E-state index contributed by atoms with van der Waals surface area (Å²) in [5.74, 6) is 0. The molecule has 20 heavy (non-hydrogen) atoms. The Bertz CT molecular complexity index is 472. The van der Waals surface area contributed by atoms with Crippen LogP contribution in [0, 0.1) is 14.9 Å². The molecule has 1 aromatic rings. The zero-order valence-electron chi connectivity index (χ0n) is 11.6. The second kappa shape index (κ2) is 7.96. The quantitative estimate of drug-likeness (QED) is 0.791. The SMILES string of the molecule is N#CC(c1ccccc1I)N1CCCCC1CCCO. The van der Waals surface area contributed by atoms with Gasteiger partial charge in [-0.05, 0) is 59.9 Å². The highest BCUT2D eigenvalue weighted by molar-refractivity contribution is 14.1. The Morgan fingerprint density at radius 2 is 2.20 bits per heavy atom. The van der Waals surface area contributed by atoms with Crippen molar-refractivity contribution in [2.75, 3.05) is 13.2 Å². The standard InChI is InChI=1S/C16H21IN2O/c17-15-9-2-1-8-14(15)16(12-18)19-10-4-3-6-13(19)7-5-11-20/h1-2,8-9,13,16,20H,3-7,10-11H2. The molecule has 1 heterocycles. The van der Waals surface area contributed by atoms with E-state index < -0.39 is 0 Å². The molecule has 2 rings (SSSR count). The molecule has 0 radical (unpaired) electrons. The largest absolute Gasteiger partial charge is 0.396 e. The van der Waals surface area contributed by atoms with Crippen LogP contribution < -0.4 is 0 Å². The molecule has 1 aliphatic rings. The van der Waals surface area contributed by atoms with Crippen LogP contribution >= 0.6 is 22.6 Å². The molecule has 0 spiro atoms. The molecule has 1 aromatic carbocycles. The van der Waals surface area contributed by atoms with Gasteiger partial charge in [0.2, 0.25) is 0 Å². The minimum absolute atomic E-state index is 0.160. The average molecular weight is 384 g/mol. The lowest BCUT2D eigenvalue weighted by Gasteiger charge is -2.39. The molecule has 3 nitrogen and oxygen atoms in total. The minimum Gasteiger partial charge on any atom is -0.396 e. The van der Waals surface area contributed by atoms with Crippen molar-refractivity contribution in [2.24, 2.45) is 0 Å². The van der Waals surface area contributed by atoms with Crippen molar-refractivity contribution in [3.63, 3.8) is 0 Å². The summed E-state index contributed by atoms with van der Waals surface area (Å²) in [6.45, 7) is 1.23. The molecule has 108 valence electrons. The smallest absolute Gasteiger partial charge is 0.125 e. The first-order valence-corrected chi connectivity index (χ1v) is 8.36. The van der Waals surface area contributed by atoms with Crippen LogP contribution in [-0.4, -0.2) is 29.2 Å². The van der Waals surface area contributed by atoms with E-state index >= 15 is 0 Å². The van der Waals surface area contributed by atoms with Gasteiger partial charge in [-0.15, -0.1) is 0 Å². The number of likely N-dealkylation sites (tertiary alicyclic amines) is 1. The van der Waals surface area contributed by atoms with Crippen molar-refractivity contribution in [1.29, 1.82) is 5.26 Å². The van der Waals surface area contributed by atoms with Gasteiger partial charge in [-0.1, -0.05) is 24.6 Å². The molecule has 4 heteroatoms. The topological polar surface area (TPSA) is 47.3 Å². The highest BCUT2D eigenvalue weighted by Crippen LogP contribution is 2.32. The number of rotatable bonds is 5. The van der Waals surface area contributed by atoms with E-state index in [1.807, 2.05) is 12.1 Å². The van der Waals surface area contributed by atoms with Crippen molar-refractivity contribution in [2.45, 2.75) is 44.2 Å². The fourth-order valence-corrected chi connectivity index (χ4v) is 3.70. The van der Waals surface area contributed by atoms with E-state index in [1.54, 1.807) is 0 Å². The molecule has 2 atom stereocenters. The maximum atomic E-state index is 9.65. The number of hydrogen-bond acceptors (Lipinski definition) is 3. The third-order valence-corrected chi connectivity index (χ3v) is 5.00. The van der Waals surface area contributed by atoms with Gasteiger partial charge < -0.3 is 5.11 Å². The number of nitriles is 1. The molecule has 0 bridgehead atoms. The summed E-state index contributed by atoms with van der Waals surface area (Å²) in [6, 6.07) is 10.9. The number of halogens is 1. The highest BCUT2D eigenvalue weighted by atomic mass is 127. The third kappa shape index (κ3) is 3.72. The third-order valence-electron chi connectivity index (χ3n) is 4.02. The Hall–Kier alpha value is -0.640. The number of aliphatic hydroxyl groups is 1. The molecule has 0 amide bonds. The van der Waals surface area contributed by atoms with Crippen molar-refractivity contribution >= 4 is 22.6 Å². The van der Waals surface area contributed by atoms with E-state index in [9.17, 15) is 5.26 Å². The lowest BCUT2D eigenvalue weighted by atomic mass is 9.94. The Morgan fingerprint density at radius 1 is 1.40 bits per heavy atom. The van der Waals surface area contributed by atoms with Crippen LogP contribution in [-0.2, 0) is 0 Å². The molecule has 0 aliphatic carbocycles. The van der Waals surface area contributed by atoms with Crippen LogP contribution in [0.2, 0.25) is 0 Å². The number of piperidine rings is 1. The first kappa shape index (κ1) is 15.7. The molecular weight excluding hydrogens is 363 g/mol. The number of nitrogens with zero attached hydrogens (tertiary/aromatic N) is 2. The van der Waals surface area contributed by atoms with Crippen LogP contribution in [0.3, 0.4) is 0 Å². The summed E-state index contributed by atoms with van der Waals surface area (Å²) in [6.07, 6.45) is 5.35. The number of aliphatic hydroxyl groups excluding tert-OH is 1. The summed E-state index contributed by atoms with van der Waals surface area (Å²) in [4.78, 5) is 2.34. The van der Waals surface area contributed by atoms with E-state index in [-0.39, 0.29) is 12.6 Å². The van der Waals surface area contributed by atoms with E-state index in [4.69, 9.17) is 5.11 Å².